The number of nitrogens with two attached hydrogens (primary N) is 1. The van der Waals surface area contributed by atoms with E-state index in [1.54, 1.807) is 14.2 Å². The highest BCUT2D eigenvalue weighted by Crippen LogP contribution is 2.28. The average molecular weight is 427 g/mol. The van der Waals surface area contributed by atoms with Gasteiger partial charge in [0.25, 0.3) is 0 Å². The molecule has 2 aromatic rings. The maximum atomic E-state index is 5.95. The molecule has 0 spiro atoms. The highest BCUT2D eigenvalue weighted by molar-refractivity contribution is 14.0. The van der Waals surface area contributed by atoms with E-state index in [2.05, 4.69) is 29.4 Å². The molecule has 0 atom stereocenters. The number of ether oxygens (including phenoxy) is 2. The number of nitrogens with one attached hydrogen (secondary N) is 1. The van der Waals surface area contributed by atoms with Crippen molar-refractivity contribution in [1.82, 2.24) is 0 Å². The van der Waals surface area contributed by atoms with Crippen LogP contribution in [0.3, 0.4) is 0 Å². The van der Waals surface area contributed by atoms with Crippen molar-refractivity contribution in [2.75, 3.05) is 19.5 Å². The molecule has 0 bridgehead atoms. The van der Waals surface area contributed by atoms with Crippen molar-refractivity contribution in [2.45, 2.75) is 13.5 Å². The zero-order valence-corrected chi connectivity index (χ0v) is 15.8. The molecule has 23 heavy (non-hydrogen) atoms. The van der Waals surface area contributed by atoms with Gasteiger partial charge in [0.05, 0.1) is 26.5 Å². The predicted octanol–water partition coefficient (Wildman–Crippen LogP) is 3.56. The Morgan fingerprint density at radius 3 is 2.57 bits per heavy atom. The minimum atomic E-state index is 0. The van der Waals surface area contributed by atoms with Crippen molar-refractivity contribution in [3.05, 3.63) is 53.6 Å². The van der Waals surface area contributed by atoms with Gasteiger partial charge in [-0.1, -0.05) is 29.8 Å². The summed E-state index contributed by atoms with van der Waals surface area (Å²) in [4.78, 5) is 4.35. The Morgan fingerprint density at radius 1 is 1.13 bits per heavy atom. The van der Waals surface area contributed by atoms with Gasteiger partial charge in [-0.3, -0.25) is 0 Å². The molecule has 0 fully saturated rings. The van der Waals surface area contributed by atoms with E-state index < -0.39 is 0 Å². The van der Waals surface area contributed by atoms with Gasteiger partial charge in [0, 0.05) is 6.07 Å². The Labute approximate surface area is 153 Å². The lowest BCUT2D eigenvalue weighted by atomic mass is 10.1. The zero-order chi connectivity index (χ0) is 15.9. The molecule has 0 unspecified atom stereocenters. The summed E-state index contributed by atoms with van der Waals surface area (Å²) < 4.78 is 10.5. The number of halogens is 1. The number of anilines is 1. The lowest BCUT2D eigenvalue weighted by Gasteiger charge is -2.12. The highest BCUT2D eigenvalue weighted by Gasteiger charge is 2.06. The van der Waals surface area contributed by atoms with Crippen LogP contribution in [0.4, 0.5) is 5.69 Å². The van der Waals surface area contributed by atoms with Crippen molar-refractivity contribution in [3.8, 4) is 11.5 Å². The van der Waals surface area contributed by atoms with Crippen LogP contribution in [0.5, 0.6) is 11.5 Å². The predicted molar refractivity (Wildman–Crippen MR) is 105 cm³/mol. The van der Waals surface area contributed by atoms with E-state index in [9.17, 15) is 0 Å². The first-order chi connectivity index (χ1) is 10.6. The fourth-order valence-electron chi connectivity index (χ4n) is 2.08. The first-order valence-corrected chi connectivity index (χ1v) is 6.97. The molecule has 5 nitrogen and oxygen atoms in total. The number of hydrogen-bond acceptors (Lipinski definition) is 3. The molecule has 0 aliphatic heterocycles. The standard InChI is InChI=1S/C17H21N3O2.HI/c1-12-5-4-6-13(9-12)11-19-17(18)20-15-10-14(21-2)7-8-16(15)22-3;/h4-10H,11H2,1-3H3,(H3,18,19,20);1H. The molecule has 0 saturated carbocycles. The molecule has 0 saturated heterocycles. The first kappa shape index (κ1) is 19.1. The van der Waals surface area contributed by atoms with Gasteiger partial charge in [-0.25, -0.2) is 4.99 Å². The molecule has 2 rings (SSSR count). The molecule has 0 radical (unpaired) electrons. The molecule has 0 aromatic heterocycles. The van der Waals surface area contributed by atoms with E-state index in [4.69, 9.17) is 15.2 Å². The van der Waals surface area contributed by atoms with Crippen LogP contribution in [0.15, 0.2) is 47.5 Å². The van der Waals surface area contributed by atoms with Gasteiger partial charge >= 0.3 is 0 Å². The Balaban J connectivity index is 0.00000264. The van der Waals surface area contributed by atoms with Crippen LogP contribution in [-0.4, -0.2) is 20.2 Å². The van der Waals surface area contributed by atoms with E-state index in [0.29, 0.717) is 23.9 Å². The van der Waals surface area contributed by atoms with Gasteiger partial charge in [0.15, 0.2) is 5.96 Å². The average Bonchev–Trinajstić information content (AvgIpc) is 2.53. The molecule has 0 aliphatic carbocycles. The summed E-state index contributed by atoms with van der Waals surface area (Å²) >= 11 is 0. The van der Waals surface area contributed by atoms with E-state index in [-0.39, 0.29) is 24.0 Å². The maximum Gasteiger partial charge on any atom is 0.193 e. The zero-order valence-electron chi connectivity index (χ0n) is 13.5. The third kappa shape index (κ3) is 5.63. The van der Waals surface area contributed by atoms with Crippen LogP contribution in [-0.2, 0) is 6.54 Å². The molecule has 0 heterocycles. The highest BCUT2D eigenvalue weighted by atomic mass is 127. The van der Waals surface area contributed by atoms with Gasteiger partial charge < -0.3 is 20.5 Å². The third-order valence-corrected chi connectivity index (χ3v) is 3.18. The van der Waals surface area contributed by atoms with Crippen molar-refractivity contribution >= 4 is 35.6 Å². The van der Waals surface area contributed by atoms with Crippen LogP contribution in [0.1, 0.15) is 11.1 Å². The molecule has 0 aliphatic rings. The second kappa shape index (κ2) is 9.24. The number of aliphatic imine (C=N–C) groups is 1. The summed E-state index contributed by atoms with van der Waals surface area (Å²) in [5.41, 5.74) is 8.98. The number of nitrogens with zero attached hydrogens (tertiary/aromatic N) is 1. The largest absolute Gasteiger partial charge is 0.497 e. The molecular formula is C17H22IN3O2. The Kier molecular flexibility index (Phi) is 7.67. The third-order valence-electron chi connectivity index (χ3n) is 3.18. The topological polar surface area (TPSA) is 68.9 Å². The normalized spacial score (nSPS) is 10.7. The van der Waals surface area contributed by atoms with Crippen LogP contribution in [0.2, 0.25) is 0 Å². The minimum Gasteiger partial charge on any atom is -0.497 e. The Bertz CT molecular complexity index is 675. The number of aryl methyl sites for hydroxylation is 1. The van der Waals surface area contributed by atoms with E-state index >= 15 is 0 Å². The molecule has 0 amide bonds. The van der Waals surface area contributed by atoms with E-state index in [1.165, 1.54) is 5.56 Å². The Hall–Kier alpha value is -1.96. The van der Waals surface area contributed by atoms with Crippen LogP contribution >= 0.6 is 24.0 Å². The lowest BCUT2D eigenvalue weighted by Crippen LogP contribution is -2.23. The molecule has 124 valence electrons. The van der Waals surface area contributed by atoms with Crippen LogP contribution in [0, 0.1) is 6.92 Å². The van der Waals surface area contributed by atoms with Crippen molar-refractivity contribution < 1.29 is 9.47 Å². The second-order valence-electron chi connectivity index (χ2n) is 4.88. The summed E-state index contributed by atoms with van der Waals surface area (Å²) in [5.74, 6) is 1.72. The number of benzene rings is 2. The second-order valence-corrected chi connectivity index (χ2v) is 4.88. The summed E-state index contributed by atoms with van der Waals surface area (Å²) in [6, 6.07) is 13.6. The van der Waals surface area contributed by atoms with Gasteiger partial charge in [0.2, 0.25) is 0 Å². The first-order valence-electron chi connectivity index (χ1n) is 6.97. The van der Waals surface area contributed by atoms with Crippen molar-refractivity contribution in [2.24, 2.45) is 10.7 Å². The smallest absolute Gasteiger partial charge is 0.193 e. The van der Waals surface area contributed by atoms with Crippen LogP contribution < -0.4 is 20.5 Å². The summed E-state index contributed by atoms with van der Waals surface area (Å²) in [7, 11) is 3.22. The molecule has 2 aromatic carbocycles. The molecule has 3 N–H and O–H groups in total. The lowest BCUT2D eigenvalue weighted by molar-refractivity contribution is 0.405. The fourth-order valence-corrected chi connectivity index (χ4v) is 2.08. The SMILES string of the molecule is COc1ccc(OC)c(NC(N)=NCc2cccc(C)c2)c1.I. The quantitative estimate of drug-likeness (QED) is 0.435. The number of guanidine groups is 1. The number of methoxy groups -OCH3 is 2. The van der Waals surface area contributed by atoms with Gasteiger partial charge in [-0.2, -0.15) is 0 Å². The molecule has 6 heteroatoms. The van der Waals surface area contributed by atoms with E-state index in [1.807, 2.05) is 30.3 Å². The monoisotopic (exact) mass is 427 g/mol. The minimum absolute atomic E-state index is 0. The number of rotatable bonds is 5. The molecular weight excluding hydrogens is 405 g/mol. The van der Waals surface area contributed by atoms with Crippen LogP contribution in [0.25, 0.3) is 0 Å². The van der Waals surface area contributed by atoms with Gasteiger partial charge in [-0.05, 0) is 24.6 Å². The van der Waals surface area contributed by atoms with Gasteiger partial charge in [0.1, 0.15) is 11.5 Å². The van der Waals surface area contributed by atoms with Crippen molar-refractivity contribution in [1.29, 1.82) is 0 Å². The fraction of sp³-hybridized carbons (Fsp3) is 0.235. The number of hydrogen-bond donors (Lipinski definition) is 2. The van der Waals surface area contributed by atoms with Gasteiger partial charge in [-0.15, -0.1) is 24.0 Å². The summed E-state index contributed by atoms with van der Waals surface area (Å²) in [6.07, 6.45) is 0. The summed E-state index contributed by atoms with van der Waals surface area (Å²) in [5, 5.41) is 3.04. The van der Waals surface area contributed by atoms with Crippen molar-refractivity contribution in [3.63, 3.8) is 0 Å². The van der Waals surface area contributed by atoms with E-state index in [0.717, 1.165) is 11.3 Å². The Morgan fingerprint density at radius 2 is 1.91 bits per heavy atom. The summed E-state index contributed by atoms with van der Waals surface area (Å²) in [6.45, 7) is 2.57. The maximum absolute atomic E-state index is 5.95.